The summed E-state index contributed by atoms with van der Waals surface area (Å²) in [6, 6.07) is 7.63. The van der Waals surface area contributed by atoms with Gasteiger partial charge in [0.2, 0.25) is 0 Å². The smallest absolute Gasteiger partial charge is 0.251 e. The second-order valence-corrected chi connectivity index (χ2v) is 6.84. The Morgan fingerprint density at radius 1 is 0.652 bits per heavy atom. The van der Waals surface area contributed by atoms with E-state index in [0.29, 0.717) is 23.2 Å². The first-order valence-electron chi connectivity index (χ1n) is 8.94. The fraction of sp³-hybridized carbons (Fsp3) is 0.579. The van der Waals surface area contributed by atoms with Crippen molar-refractivity contribution < 1.29 is 9.59 Å². The fourth-order valence-corrected chi connectivity index (χ4v) is 3.63. The average molecular weight is 314 g/mol. The molecule has 4 heteroatoms. The first kappa shape index (κ1) is 16.0. The minimum Gasteiger partial charge on any atom is -0.349 e. The molecule has 1 aromatic rings. The average Bonchev–Trinajstić information content (AvgIpc) is 3.09. The van der Waals surface area contributed by atoms with E-state index in [1.54, 1.807) is 24.3 Å². The number of benzene rings is 1. The van der Waals surface area contributed by atoms with Crippen LogP contribution in [0.3, 0.4) is 0 Å². The number of hydrogen-bond donors (Lipinski definition) is 2. The molecule has 2 saturated carbocycles. The second-order valence-electron chi connectivity index (χ2n) is 6.84. The number of carbonyl (C=O) groups is 2. The minimum atomic E-state index is -0.0314. The van der Waals surface area contributed by atoms with Crippen molar-refractivity contribution in [2.45, 2.75) is 69.9 Å². The first-order valence-corrected chi connectivity index (χ1v) is 8.94. The van der Waals surface area contributed by atoms with Crippen LogP contribution in [-0.2, 0) is 0 Å². The third-order valence-electron chi connectivity index (χ3n) is 5.04. The summed E-state index contributed by atoms with van der Waals surface area (Å²) in [5, 5.41) is 6.17. The van der Waals surface area contributed by atoms with Crippen LogP contribution < -0.4 is 10.6 Å². The van der Waals surface area contributed by atoms with Crippen LogP contribution in [-0.4, -0.2) is 23.9 Å². The van der Waals surface area contributed by atoms with Crippen molar-refractivity contribution in [2.75, 3.05) is 0 Å². The zero-order valence-corrected chi connectivity index (χ0v) is 13.6. The van der Waals surface area contributed by atoms with Gasteiger partial charge < -0.3 is 10.6 Å². The predicted octanol–water partition coefficient (Wildman–Crippen LogP) is 3.42. The van der Waals surface area contributed by atoms with Gasteiger partial charge in [-0.25, -0.2) is 0 Å². The Hall–Kier alpha value is -1.84. The van der Waals surface area contributed by atoms with Gasteiger partial charge in [0.25, 0.3) is 11.8 Å². The standard InChI is InChI=1S/C19H26N2O2/c22-18(20-16-6-2-1-3-7-16)14-10-12-15(13-11-14)19(23)21-17-8-4-5-9-17/h10-13,16-17H,1-9H2,(H,20,22)(H,21,23). The van der Waals surface area contributed by atoms with Crippen molar-refractivity contribution in [3.05, 3.63) is 35.4 Å². The maximum absolute atomic E-state index is 12.3. The maximum Gasteiger partial charge on any atom is 0.251 e. The highest BCUT2D eigenvalue weighted by molar-refractivity contribution is 5.98. The van der Waals surface area contributed by atoms with Crippen LogP contribution in [0.25, 0.3) is 0 Å². The van der Waals surface area contributed by atoms with E-state index in [1.165, 1.54) is 32.1 Å². The van der Waals surface area contributed by atoms with E-state index >= 15 is 0 Å². The Labute approximate surface area is 138 Å². The lowest BCUT2D eigenvalue weighted by Gasteiger charge is -2.22. The summed E-state index contributed by atoms with van der Waals surface area (Å²) < 4.78 is 0. The molecule has 0 saturated heterocycles. The largest absolute Gasteiger partial charge is 0.349 e. The number of rotatable bonds is 4. The molecule has 124 valence electrons. The molecule has 2 fully saturated rings. The Balaban J connectivity index is 1.55. The SMILES string of the molecule is O=C(NC1CCCCC1)c1ccc(C(=O)NC2CCCC2)cc1. The van der Waals surface area contributed by atoms with Gasteiger partial charge in [-0.15, -0.1) is 0 Å². The monoisotopic (exact) mass is 314 g/mol. The van der Waals surface area contributed by atoms with Gasteiger partial charge in [-0.05, 0) is 49.9 Å². The van der Waals surface area contributed by atoms with E-state index in [0.717, 1.165) is 25.7 Å². The number of hydrogen-bond acceptors (Lipinski definition) is 2. The minimum absolute atomic E-state index is 0.0281. The van der Waals surface area contributed by atoms with E-state index in [2.05, 4.69) is 10.6 Å². The highest BCUT2D eigenvalue weighted by Crippen LogP contribution is 2.19. The quantitative estimate of drug-likeness (QED) is 0.894. The molecule has 3 rings (SSSR count). The summed E-state index contributed by atoms with van der Waals surface area (Å²) in [7, 11) is 0. The number of carbonyl (C=O) groups excluding carboxylic acids is 2. The van der Waals surface area contributed by atoms with Gasteiger partial charge in [-0.3, -0.25) is 9.59 Å². The molecule has 0 radical (unpaired) electrons. The summed E-state index contributed by atoms with van der Waals surface area (Å²) >= 11 is 0. The summed E-state index contributed by atoms with van der Waals surface area (Å²) in [5.74, 6) is -0.0595. The van der Waals surface area contributed by atoms with Crippen molar-refractivity contribution in [1.82, 2.24) is 10.6 Å². The van der Waals surface area contributed by atoms with Crippen LogP contribution in [0.4, 0.5) is 0 Å². The molecular weight excluding hydrogens is 288 g/mol. The van der Waals surface area contributed by atoms with Gasteiger partial charge in [0.05, 0.1) is 0 Å². The maximum atomic E-state index is 12.3. The van der Waals surface area contributed by atoms with E-state index in [-0.39, 0.29) is 11.8 Å². The van der Waals surface area contributed by atoms with Gasteiger partial charge in [0.1, 0.15) is 0 Å². The van der Waals surface area contributed by atoms with Crippen LogP contribution in [0.5, 0.6) is 0 Å². The summed E-state index contributed by atoms with van der Waals surface area (Å²) in [5.41, 5.74) is 1.26. The highest BCUT2D eigenvalue weighted by atomic mass is 16.2. The molecule has 0 aliphatic heterocycles. The van der Waals surface area contributed by atoms with Gasteiger partial charge >= 0.3 is 0 Å². The molecule has 1 aromatic carbocycles. The topological polar surface area (TPSA) is 58.2 Å². The molecule has 0 bridgehead atoms. The molecule has 2 aliphatic carbocycles. The van der Waals surface area contributed by atoms with Crippen molar-refractivity contribution in [3.63, 3.8) is 0 Å². The van der Waals surface area contributed by atoms with Crippen LogP contribution in [0.15, 0.2) is 24.3 Å². The van der Waals surface area contributed by atoms with Gasteiger partial charge in [-0.1, -0.05) is 32.1 Å². The molecule has 0 unspecified atom stereocenters. The van der Waals surface area contributed by atoms with Gasteiger partial charge in [0.15, 0.2) is 0 Å². The Morgan fingerprint density at radius 2 is 1.00 bits per heavy atom. The van der Waals surface area contributed by atoms with Crippen molar-refractivity contribution in [3.8, 4) is 0 Å². The van der Waals surface area contributed by atoms with Crippen LogP contribution in [0.2, 0.25) is 0 Å². The lowest BCUT2D eigenvalue weighted by Crippen LogP contribution is -2.36. The predicted molar refractivity (Wildman–Crippen MR) is 90.5 cm³/mol. The zero-order valence-electron chi connectivity index (χ0n) is 13.6. The summed E-state index contributed by atoms with van der Waals surface area (Å²) in [6.07, 6.45) is 10.4. The van der Waals surface area contributed by atoms with Crippen LogP contribution in [0.1, 0.15) is 78.5 Å². The first-order chi connectivity index (χ1) is 11.2. The molecular formula is C19H26N2O2. The summed E-state index contributed by atoms with van der Waals surface area (Å²) in [6.45, 7) is 0. The summed E-state index contributed by atoms with van der Waals surface area (Å²) in [4.78, 5) is 24.4. The Bertz CT molecular complexity index is 541. The fourth-order valence-electron chi connectivity index (χ4n) is 3.63. The molecule has 0 heterocycles. The van der Waals surface area contributed by atoms with E-state index in [9.17, 15) is 9.59 Å². The van der Waals surface area contributed by atoms with Crippen LogP contribution in [0, 0.1) is 0 Å². The third-order valence-corrected chi connectivity index (χ3v) is 5.04. The van der Waals surface area contributed by atoms with Gasteiger partial charge in [-0.2, -0.15) is 0 Å². The van der Waals surface area contributed by atoms with Crippen molar-refractivity contribution in [2.24, 2.45) is 0 Å². The number of amides is 2. The van der Waals surface area contributed by atoms with Crippen molar-refractivity contribution in [1.29, 1.82) is 0 Å². The lowest BCUT2D eigenvalue weighted by molar-refractivity contribution is 0.0919. The molecule has 0 atom stereocenters. The second kappa shape index (κ2) is 7.62. The Morgan fingerprint density at radius 3 is 1.39 bits per heavy atom. The lowest BCUT2D eigenvalue weighted by atomic mass is 9.95. The molecule has 0 spiro atoms. The molecule has 23 heavy (non-hydrogen) atoms. The Kier molecular flexibility index (Phi) is 5.31. The highest BCUT2D eigenvalue weighted by Gasteiger charge is 2.19. The van der Waals surface area contributed by atoms with Crippen LogP contribution >= 0.6 is 0 Å². The normalized spacial score (nSPS) is 19.5. The third kappa shape index (κ3) is 4.34. The molecule has 2 aliphatic rings. The van der Waals surface area contributed by atoms with E-state index < -0.39 is 0 Å². The van der Waals surface area contributed by atoms with Gasteiger partial charge in [0, 0.05) is 23.2 Å². The van der Waals surface area contributed by atoms with E-state index in [1.807, 2.05) is 0 Å². The molecule has 0 aromatic heterocycles. The van der Waals surface area contributed by atoms with E-state index in [4.69, 9.17) is 0 Å². The zero-order chi connectivity index (χ0) is 16.1. The molecule has 4 nitrogen and oxygen atoms in total. The molecule has 2 amide bonds. The number of nitrogens with one attached hydrogen (secondary N) is 2. The van der Waals surface area contributed by atoms with Crippen molar-refractivity contribution >= 4 is 11.8 Å². The molecule has 2 N–H and O–H groups in total.